The smallest absolute Gasteiger partial charge is 0.315 e. The van der Waals surface area contributed by atoms with Gasteiger partial charge in [0.15, 0.2) is 0 Å². The molecule has 0 unspecified atom stereocenters. The lowest BCUT2D eigenvalue weighted by molar-refractivity contribution is -0.117. The Morgan fingerprint density at radius 2 is 2.00 bits per heavy atom. The second-order valence-electron chi connectivity index (χ2n) is 6.69. The maximum absolute atomic E-state index is 12.3. The van der Waals surface area contributed by atoms with Crippen LogP contribution in [-0.4, -0.2) is 75.4 Å². The highest BCUT2D eigenvalue weighted by atomic mass is 16.5. The van der Waals surface area contributed by atoms with E-state index in [1.807, 2.05) is 31.2 Å². The molecular formula is C19H28N4O4. The van der Waals surface area contributed by atoms with E-state index < -0.39 is 0 Å². The summed E-state index contributed by atoms with van der Waals surface area (Å²) in [4.78, 5) is 28.4. The van der Waals surface area contributed by atoms with Gasteiger partial charge in [-0.3, -0.25) is 9.69 Å². The number of rotatable bonds is 7. The first kappa shape index (κ1) is 19.4. The van der Waals surface area contributed by atoms with Crippen molar-refractivity contribution < 1.29 is 19.1 Å². The zero-order valence-electron chi connectivity index (χ0n) is 15.8. The second-order valence-corrected chi connectivity index (χ2v) is 6.69. The van der Waals surface area contributed by atoms with Gasteiger partial charge in [0.05, 0.1) is 25.9 Å². The van der Waals surface area contributed by atoms with Crippen LogP contribution in [0.25, 0.3) is 0 Å². The van der Waals surface area contributed by atoms with Crippen molar-refractivity contribution in [3.05, 3.63) is 24.3 Å². The molecule has 2 saturated heterocycles. The van der Waals surface area contributed by atoms with Crippen LogP contribution in [-0.2, 0) is 9.53 Å². The number of ether oxygens (including phenoxy) is 2. The molecule has 0 aromatic heterocycles. The summed E-state index contributed by atoms with van der Waals surface area (Å²) < 4.78 is 10.7. The van der Waals surface area contributed by atoms with E-state index in [1.54, 1.807) is 4.90 Å². The zero-order chi connectivity index (χ0) is 19.1. The molecule has 148 valence electrons. The predicted octanol–water partition coefficient (Wildman–Crippen LogP) is 0.822. The minimum absolute atomic E-state index is 0.0118. The van der Waals surface area contributed by atoms with Crippen LogP contribution in [0.15, 0.2) is 24.3 Å². The van der Waals surface area contributed by atoms with Crippen LogP contribution in [0.5, 0.6) is 5.75 Å². The van der Waals surface area contributed by atoms with Crippen molar-refractivity contribution in [2.75, 3.05) is 57.4 Å². The first-order valence-electron chi connectivity index (χ1n) is 9.53. The van der Waals surface area contributed by atoms with E-state index in [2.05, 4.69) is 15.5 Å². The minimum Gasteiger partial charge on any atom is -0.494 e. The molecule has 3 rings (SSSR count). The Balaban J connectivity index is 1.42. The van der Waals surface area contributed by atoms with E-state index in [4.69, 9.17) is 9.47 Å². The highest BCUT2D eigenvalue weighted by Crippen LogP contribution is 2.24. The van der Waals surface area contributed by atoms with E-state index in [0.717, 1.165) is 44.3 Å². The molecule has 3 amide bonds. The van der Waals surface area contributed by atoms with Crippen LogP contribution < -0.4 is 20.3 Å². The highest BCUT2D eigenvalue weighted by Gasteiger charge is 2.31. The number of urea groups is 1. The summed E-state index contributed by atoms with van der Waals surface area (Å²) in [7, 11) is 0. The predicted molar refractivity (Wildman–Crippen MR) is 102 cm³/mol. The number of hydrogen-bond donors (Lipinski definition) is 2. The summed E-state index contributed by atoms with van der Waals surface area (Å²) in [6, 6.07) is 7.03. The highest BCUT2D eigenvalue weighted by molar-refractivity contribution is 5.96. The number of carbonyl (C=O) groups excluding carboxylic acids is 2. The maximum atomic E-state index is 12.3. The Labute approximate surface area is 159 Å². The normalized spacial score (nSPS) is 20.6. The fraction of sp³-hybridized carbons (Fsp3) is 0.579. The monoisotopic (exact) mass is 376 g/mol. The van der Waals surface area contributed by atoms with Gasteiger partial charge in [-0.15, -0.1) is 0 Å². The Hall–Kier alpha value is -2.32. The third kappa shape index (κ3) is 5.58. The number of nitrogens with zero attached hydrogens (tertiary/aromatic N) is 2. The molecule has 1 atom stereocenters. The topological polar surface area (TPSA) is 83.1 Å². The molecule has 1 aromatic rings. The summed E-state index contributed by atoms with van der Waals surface area (Å²) in [6.45, 7) is 7.69. The Bertz CT molecular complexity index is 631. The largest absolute Gasteiger partial charge is 0.494 e. The van der Waals surface area contributed by atoms with E-state index >= 15 is 0 Å². The standard InChI is InChI=1S/C19H28N4O4/c1-2-27-17-5-3-16(4-6-17)23-14-15(13-18(23)24)21-19(25)20-7-8-22-9-11-26-12-10-22/h3-6,15H,2,7-14H2,1H3,(H2,20,21,25)/t15-/m0/s1. The molecule has 8 heteroatoms. The van der Waals surface area contributed by atoms with Gasteiger partial charge < -0.3 is 25.0 Å². The van der Waals surface area contributed by atoms with Crippen molar-refractivity contribution in [3.8, 4) is 5.75 Å². The number of amides is 3. The van der Waals surface area contributed by atoms with Gasteiger partial charge in [0.2, 0.25) is 5.91 Å². The number of nitrogens with one attached hydrogen (secondary N) is 2. The number of hydrogen-bond acceptors (Lipinski definition) is 5. The van der Waals surface area contributed by atoms with Crippen molar-refractivity contribution in [2.24, 2.45) is 0 Å². The van der Waals surface area contributed by atoms with Crippen molar-refractivity contribution >= 4 is 17.6 Å². The Kier molecular flexibility index (Phi) is 6.89. The van der Waals surface area contributed by atoms with E-state index in [0.29, 0.717) is 26.1 Å². The number of carbonyl (C=O) groups is 2. The van der Waals surface area contributed by atoms with Crippen molar-refractivity contribution in [2.45, 2.75) is 19.4 Å². The number of morpholine rings is 1. The molecule has 2 aliphatic heterocycles. The van der Waals surface area contributed by atoms with Gasteiger partial charge >= 0.3 is 6.03 Å². The lowest BCUT2D eigenvalue weighted by atomic mass is 10.2. The third-order valence-corrected chi connectivity index (χ3v) is 4.74. The zero-order valence-corrected chi connectivity index (χ0v) is 15.8. The molecule has 0 spiro atoms. The molecule has 2 aliphatic rings. The van der Waals surface area contributed by atoms with Gasteiger partial charge in [0.1, 0.15) is 5.75 Å². The van der Waals surface area contributed by atoms with Gasteiger partial charge in [0, 0.05) is 44.8 Å². The molecular weight excluding hydrogens is 348 g/mol. The van der Waals surface area contributed by atoms with Crippen molar-refractivity contribution in [1.82, 2.24) is 15.5 Å². The van der Waals surface area contributed by atoms with Gasteiger partial charge in [-0.1, -0.05) is 0 Å². The van der Waals surface area contributed by atoms with Crippen LogP contribution in [0.1, 0.15) is 13.3 Å². The van der Waals surface area contributed by atoms with Crippen LogP contribution in [0.4, 0.5) is 10.5 Å². The van der Waals surface area contributed by atoms with Crippen LogP contribution in [0.3, 0.4) is 0 Å². The lowest BCUT2D eigenvalue weighted by Gasteiger charge is -2.26. The molecule has 2 heterocycles. The molecule has 27 heavy (non-hydrogen) atoms. The summed E-state index contributed by atoms with van der Waals surface area (Å²) in [5.41, 5.74) is 0.820. The minimum atomic E-state index is -0.227. The second kappa shape index (κ2) is 9.57. The van der Waals surface area contributed by atoms with Crippen molar-refractivity contribution in [3.63, 3.8) is 0 Å². The molecule has 0 saturated carbocycles. The average Bonchev–Trinajstić information content (AvgIpc) is 3.03. The molecule has 0 aliphatic carbocycles. The van der Waals surface area contributed by atoms with Crippen molar-refractivity contribution in [1.29, 1.82) is 0 Å². The quantitative estimate of drug-likeness (QED) is 0.736. The fourth-order valence-electron chi connectivity index (χ4n) is 3.33. The molecule has 2 fully saturated rings. The van der Waals surface area contributed by atoms with Crippen LogP contribution in [0, 0.1) is 0 Å². The SMILES string of the molecule is CCOc1ccc(N2C[C@@H](NC(=O)NCCN3CCOCC3)CC2=O)cc1. The van der Waals surface area contributed by atoms with Gasteiger partial charge in [-0.05, 0) is 31.2 Å². The van der Waals surface area contributed by atoms with Gasteiger partial charge in [0.25, 0.3) is 0 Å². The average molecular weight is 376 g/mol. The molecule has 0 bridgehead atoms. The summed E-state index contributed by atoms with van der Waals surface area (Å²) in [6.07, 6.45) is 0.310. The Morgan fingerprint density at radius 3 is 2.70 bits per heavy atom. The van der Waals surface area contributed by atoms with Crippen LogP contribution >= 0.6 is 0 Å². The molecule has 2 N–H and O–H groups in total. The van der Waals surface area contributed by atoms with Crippen LogP contribution in [0.2, 0.25) is 0 Å². The third-order valence-electron chi connectivity index (χ3n) is 4.74. The summed E-state index contributed by atoms with van der Waals surface area (Å²) in [5.74, 6) is 0.792. The van der Waals surface area contributed by atoms with Gasteiger partial charge in [-0.2, -0.15) is 0 Å². The lowest BCUT2D eigenvalue weighted by Crippen LogP contribution is -2.46. The maximum Gasteiger partial charge on any atom is 0.315 e. The van der Waals surface area contributed by atoms with E-state index in [9.17, 15) is 9.59 Å². The molecule has 1 aromatic carbocycles. The Morgan fingerprint density at radius 1 is 1.26 bits per heavy atom. The number of benzene rings is 1. The first-order chi connectivity index (χ1) is 13.2. The summed E-state index contributed by atoms with van der Waals surface area (Å²) in [5, 5.41) is 5.77. The van der Waals surface area contributed by atoms with E-state index in [1.165, 1.54) is 0 Å². The van der Waals surface area contributed by atoms with Gasteiger partial charge in [-0.25, -0.2) is 4.79 Å². The first-order valence-corrected chi connectivity index (χ1v) is 9.53. The molecule has 8 nitrogen and oxygen atoms in total. The van der Waals surface area contributed by atoms with E-state index in [-0.39, 0.29) is 18.0 Å². The number of anilines is 1. The molecule has 0 radical (unpaired) electrons. The fourth-order valence-corrected chi connectivity index (χ4v) is 3.33. The summed E-state index contributed by atoms with van der Waals surface area (Å²) >= 11 is 0.